The minimum atomic E-state index is -0.904. The third-order valence-electron chi connectivity index (χ3n) is 3.03. The number of ether oxygens (including phenoxy) is 1. The Labute approximate surface area is 112 Å². The quantitative estimate of drug-likeness (QED) is 0.820. The van der Waals surface area contributed by atoms with Crippen molar-refractivity contribution in [2.24, 2.45) is 0 Å². The van der Waals surface area contributed by atoms with Gasteiger partial charge in [-0.1, -0.05) is 12.1 Å². The molecule has 5 nitrogen and oxygen atoms in total. The van der Waals surface area contributed by atoms with Crippen molar-refractivity contribution in [3.8, 4) is 5.75 Å². The van der Waals surface area contributed by atoms with E-state index in [1.807, 2.05) is 13.0 Å². The molecule has 0 spiro atoms. The largest absolute Gasteiger partial charge is 0.496 e. The second-order valence-electron chi connectivity index (χ2n) is 4.33. The van der Waals surface area contributed by atoms with Crippen LogP contribution in [-0.2, 0) is 9.59 Å². The summed E-state index contributed by atoms with van der Waals surface area (Å²) in [6, 6.07) is 5.45. The van der Waals surface area contributed by atoms with Crippen molar-refractivity contribution in [2.45, 2.75) is 25.7 Å². The fourth-order valence-corrected chi connectivity index (χ4v) is 2.01. The first-order valence-electron chi connectivity index (χ1n) is 6.07. The first-order valence-corrected chi connectivity index (χ1v) is 6.07. The van der Waals surface area contributed by atoms with Gasteiger partial charge in [0.15, 0.2) is 0 Å². The van der Waals surface area contributed by atoms with Crippen molar-refractivity contribution in [3.05, 3.63) is 29.3 Å². The Balaban J connectivity index is 2.99. The van der Waals surface area contributed by atoms with Crippen LogP contribution in [0.2, 0.25) is 0 Å². The second-order valence-corrected chi connectivity index (χ2v) is 4.33. The van der Waals surface area contributed by atoms with Crippen molar-refractivity contribution in [1.82, 2.24) is 5.32 Å². The van der Waals surface area contributed by atoms with Crippen LogP contribution < -0.4 is 10.1 Å². The molecular formula is C14H19NO4. The minimum absolute atomic E-state index is 0.0385. The van der Waals surface area contributed by atoms with Gasteiger partial charge in [-0.2, -0.15) is 0 Å². The molecule has 1 aromatic rings. The Morgan fingerprint density at radius 3 is 2.58 bits per heavy atom. The van der Waals surface area contributed by atoms with Crippen LogP contribution in [0.15, 0.2) is 18.2 Å². The Bertz CT molecular complexity index is 471. The molecular weight excluding hydrogens is 246 g/mol. The van der Waals surface area contributed by atoms with Gasteiger partial charge in [-0.25, -0.2) is 0 Å². The summed E-state index contributed by atoms with van der Waals surface area (Å²) in [5.74, 6) is -0.784. The van der Waals surface area contributed by atoms with E-state index in [2.05, 4.69) is 5.32 Å². The molecule has 0 fully saturated rings. The maximum atomic E-state index is 11.9. The van der Waals surface area contributed by atoms with E-state index in [4.69, 9.17) is 9.84 Å². The fraction of sp³-hybridized carbons (Fsp3) is 0.429. The molecule has 104 valence electrons. The predicted octanol–water partition coefficient (Wildman–Crippen LogP) is 1.70. The highest BCUT2D eigenvalue weighted by atomic mass is 16.5. The SMILES string of the molecule is CNC(=O)C(CCC(=O)O)c1ccc(OC)c(C)c1. The van der Waals surface area contributed by atoms with Crippen LogP contribution in [-0.4, -0.2) is 31.1 Å². The van der Waals surface area contributed by atoms with Gasteiger partial charge in [-0.15, -0.1) is 0 Å². The first kappa shape index (κ1) is 15.0. The van der Waals surface area contributed by atoms with E-state index in [0.29, 0.717) is 0 Å². The number of carboxylic acids is 1. The summed E-state index contributed by atoms with van der Waals surface area (Å²) in [5, 5.41) is 11.3. The second kappa shape index (κ2) is 6.78. The molecule has 0 bridgehead atoms. The number of benzene rings is 1. The molecule has 1 aromatic carbocycles. The summed E-state index contributed by atoms with van der Waals surface area (Å²) < 4.78 is 5.17. The van der Waals surface area contributed by atoms with Crippen molar-refractivity contribution in [2.75, 3.05) is 14.2 Å². The number of likely N-dealkylation sites (N-methyl/N-ethyl adjacent to an activating group) is 1. The van der Waals surface area contributed by atoms with E-state index in [-0.39, 0.29) is 18.7 Å². The smallest absolute Gasteiger partial charge is 0.303 e. The standard InChI is InChI=1S/C14H19NO4/c1-9-8-10(4-6-12(9)19-3)11(14(18)15-2)5-7-13(16)17/h4,6,8,11H,5,7H2,1-3H3,(H,15,18)(H,16,17). The molecule has 0 heterocycles. The molecule has 5 heteroatoms. The van der Waals surface area contributed by atoms with Gasteiger partial charge in [0.25, 0.3) is 0 Å². The zero-order chi connectivity index (χ0) is 14.4. The molecule has 0 aliphatic carbocycles. The van der Waals surface area contributed by atoms with E-state index in [1.54, 1.807) is 26.3 Å². The Hall–Kier alpha value is -2.04. The number of nitrogens with one attached hydrogen (secondary N) is 1. The predicted molar refractivity (Wildman–Crippen MR) is 71.4 cm³/mol. The van der Waals surface area contributed by atoms with Crippen molar-refractivity contribution < 1.29 is 19.4 Å². The van der Waals surface area contributed by atoms with Crippen LogP contribution in [0.4, 0.5) is 0 Å². The Kier molecular flexibility index (Phi) is 5.36. The van der Waals surface area contributed by atoms with Crippen LogP contribution in [0.25, 0.3) is 0 Å². The molecule has 0 saturated heterocycles. The number of aryl methyl sites for hydroxylation is 1. The van der Waals surface area contributed by atoms with Gasteiger partial charge in [-0.3, -0.25) is 9.59 Å². The van der Waals surface area contributed by atoms with Gasteiger partial charge >= 0.3 is 5.97 Å². The molecule has 0 aliphatic rings. The lowest BCUT2D eigenvalue weighted by Crippen LogP contribution is -2.26. The van der Waals surface area contributed by atoms with Crippen molar-refractivity contribution in [3.63, 3.8) is 0 Å². The number of carbonyl (C=O) groups is 2. The fourth-order valence-electron chi connectivity index (χ4n) is 2.01. The van der Waals surface area contributed by atoms with E-state index in [0.717, 1.165) is 16.9 Å². The minimum Gasteiger partial charge on any atom is -0.496 e. The summed E-state index contributed by atoms with van der Waals surface area (Å²) >= 11 is 0. The van der Waals surface area contributed by atoms with E-state index < -0.39 is 11.9 Å². The lowest BCUT2D eigenvalue weighted by Gasteiger charge is -2.16. The number of amides is 1. The zero-order valence-corrected chi connectivity index (χ0v) is 11.4. The summed E-state index contributed by atoms with van der Waals surface area (Å²) in [6.07, 6.45) is 0.240. The molecule has 0 saturated carbocycles. The maximum Gasteiger partial charge on any atom is 0.303 e. The Morgan fingerprint density at radius 2 is 2.11 bits per heavy atom. The van der Waals surface area contributed by atoms with Crippen LogP contribution in [0.5, 0.6) is 5.75 Å². The van der Waals surface area contributed by atoms with E-state index in [1.165, 1.54) is 0 Å². The van der Waals surface area contributed by atoms with Gasteiger partial charge in [0, 0.05) is 13.5 Å². The number of rotatable bonds is 6. The van der Waals surface area contributed by atoms with Crippen LogP contribution in [0.1, 0.15) is 29.9 Å². The van der Waals surface area contributed by atoms with Crippen molar-refractivity contribution >= 4 is 11.9 Å². The highest BCUT2D eigenvalue weighted by Crippen LogP contribution is 2.26. The highest BCUT2D eigenvalue weighted by molar-refractivity contribution is 5.84. The molecule has 2 N–H and O–H groups in total. The lowest BCUT2D eigenvalue weighted by molar-refractivity contribution is -0.137. The van der Waals surface area contributed by atoms with Gasteiger partial charge in [-0.05, 0) is 30.5 Å². The molecule has 19 heavy (non-hydrogen) atoms. The summed E-state index contributed by atoms with van der Waals surface area (Å²) in [4.78, 5) is 22.5. The highest BCUT2D eigenvalue weighted by Gasteiger charge is 2.21. The third kappa shape index (κ3) is 3.98. The number of hydrogen-bond donors (Lipinski definition) is 2. The molecule has 1 unspecified atom stereocenters. The van der Waals surface area contributed by atoms with Gasteiger partial charge in [0.2, 0.25) is 5.91 Å². The molecule has 1 atom stereocenters. The summed E-state index contributed by atoms with van der Waals surface area (Å²) in [6.45, 7) is 1.89. The summed E-state index contributed by atoms with van der Waals surface area (Å²) in [5.41, 5.74) is 1.73. The van der Waals surface area contributed by atoms with Crippen molar-refractivity contribution in [1.29, 1.82) is 0 Å². The average Bonchev–Trinajstić information content (AvgIpc) is 2.38. The number of carboxylic acid groups (broad SMARTS) is 1. The monoisotopic (exact) mass is 265 g/mol. The molecule has 0 aliphatic heterocycles. The molecule has 1 amide bonds. The topological polar surface area (TPSA) is 75.6 Å². The number of carbonyl (C=O) groups excluding carboxylic acids is 1. The molecule has 0 aromatic heterocycles. The molecule has 0 radical (unpaired) electrons. The number of methoxy groups -OCH3 is 1. The number of aliphatic carboxylic acids is 1. The maximum absolute atomic E-state index is 11.9. The van der Waals surface area contributed by atoms with Crippen LogP contribution in [0, 0.1) is 6.92 Å². The molecule has 1 rings (SSSR count). The lowest BCUT2D eigenvalue weighted by atomic mass is 9.92. The first-order chi connectivity index (χ1) is 8.99. The summed E-state index contributed by atoms with van der Waals surface area (Å²) in [7, 11) is 3.13. The van der Waals surface area contributed by atoms with E-state index in [9.17, 15) is 9.59 Å². The number of hydrogen-bond acceptors (Lipinski definition) is 3. The van der Waals surface area contributed by atoms with Gasteiger partial charge in [0.1, 0.15) is 5.75 Å². The third-order valence-corrected chi connectivity index (χ3v) is 3.03. The normalized spacial score (nSPS) is 11.7. The Morgan fingerprint density at radius 1 is 1.42 bits per heavy atom. The van der Waals surface area contributed by atoms with Crippen LogP contribution in [0.3, 0.4) is 0 Å². The zero-order valence-electron chi connectivity index (χ0n) is 11.4. The van der Waals surface area contributed by atoms with Gasteiger partial charge in [0.05, 0.1) is 13.0 Å². The average molecular weight is 265 g/mol. The van der Waals surface area contributed by atoms with E-state index >= 15 is 0 Å². The van der Waals surface area contributed by atoms with Crippen LogP contribution >= 0.6 is 0 Å². The van der Waals surface area contributed by atoms with Gasteiger partial charge < -0.3 is 15.2 Å².